The molecular weight excluding hydrogens is 551 g/mol. The monoisotopic (exact) mass is 600 g/mol. The van der Waals surface area contributed by atoms with Crippen LogP contribution in [0.5, 0.6) is 0 Å². The van der Waals surface area contributed by atoms with E-state index >= 15 is 0 Å². The molecule has 2 fully saturated rings. The first-order valence-electron chi connectivity index (χ1n) is 15.6. The number of hydrogen-bond donors (Lipinski definition) is 2. The van der Waals surface area contributed by atoms with Gasteiger partial charge in [0.2, 0.25) is 0 Å². The van der Waals surface area contributed by atoms with Gasteiger partial charge in [0.05, 0.1) is 12.5 Å². The molecule has 43 heavy (non-hydrogen) atoms. The van der Waals surface area contributed by atoms with E-state index in [9.17, 15) is 19.1 Å². The summed E-state index contributed by atoms with van der Waals surface area (Å²) in [5.41, 5.74) is 2.26. The second kappa shape index (κ2) is 15.2. The molecule has 9 nitrogen and oxygen atoms in total. The summed E-state index contributed by atoms with van der Waals surface area (Å²) >= 11 is 0. The van der Waals surface area contributed by atoms with E-state index in [0.29, 0.717) is 37.5 Å². The van der Waals surface area contributed by atoms with Crippen LogP contribution in [0.3, 0.4) is 0 Å². The van der Waals surface area contributed by atoms with Crippen molar-refractivity contribution in [2.45, 2.75) is 70.8 Å². The fourth-order valence-corrected chi connectivity index (χ4v) is 6.07. The Labute approximate surface area is 255 Å². The quantitative estimate of drug-likeness (QED) is 0.386. The highest BCUT2D eigenvalue weighted by molar-refractivity contribution is 5.71. The Morgan fingerprint density at radius 1 is 1.09 bits per heavy atom. The standard InChI is InChI=1S/C33H49FN4O5/c1-22-6-8-29(39)20-31(40)43-32(23(2)7-9-30(22)42-33(41)37-14-12-36(5)13-15-37)24(3)16-25-17-26(34)19-28(18-25)38-11-10-27(21-38)35-4/h7,9,16-19,22-23,27,29-30,32,35,39H,6,8,10-15,20-21H2,1-5H3/b9-7-,24-16+/t22-,23-,27-,29+,30-,32-/m0/s1. The van der Waals surface area contributed by atoms with E-state index < -0.39 is 24.3 Å². The molecule has 1 amide bonds. The van der Waals surface area contributed by atoms with E-state index in [1.54, 1.807) is 11.0 Å². The van der Waals surface area contributed by atoms with Gasteiger partial charge in [0.25, 0.3) is 0 Å². The van der Waals surface area contributed by atoms with Crippen LogP contribution >= 0.6 is 0 Å². The Bertz CT molecular complexity index is 1170. The predicted molar refractivity (Wildman–Crippen MR) is 166 cm³/mol. The number of nitrogens with zero attached hydrogens (tertiary/aromatic N) is 3. The Morgan fingerprint density at radius 3 is 2.53 bits per heavy atom. The van der Waals surface area contributed by atoms with Crippen LogP contribution in [0.15, 0.2) is 35.9 Å². The lowest BCUT2D eigenvalue weighted by molar-refractivity contribution is -0.151. The first kappa shape index (κ1) is 33.0. The number of ether oxygens (including phenoxy) is 2. The highest BCUT2D eigenvalue weighted by atomic mass is 19.1. The van der Waals surface area contributed by atoms with Gasteiger partial charge in [0.1, 0.15) is 18.0 Å². The van der Waals surface area contributed by atoms with E-state index in [2.05, 4.69) is 15.1 Å². The van der Waals surface area contributed by atoms with Gasteiger partial charge in [-0.1, -0.05) is 26.0 Å². The number of nitrogens with one attached hydrogen (secondary N) is 1. The van der Waals surface area contributed by atoms with Crippen molar-refractivity contribution >= 4 is 23.8 Å². The Kier molecular flexibility index (Phi) is 11.6. The summed E-state index contributed by atoms with van der Waals surface area (Å²) in [6.07, 6.45) is 5.19. The van der Waals surface area contributed by atoms with Crippen molar-refractivity contribution in [3.63, 3.8) is 0 Å². The number of carbonyl (C=O) groups is 2. The topological polar surface area (TPSA) is 94.6 Å². The highest BCUT2D eigenvalue weighted by Crippen LogP contribution is 2.28. The Hall–Kier alpha value is -2.95. The van der Waals surface area contributed by atoms with Gasteiger partial charge in [-0.05, 0) is 81.6 Å². The normalized spacial score (nSPS) is 30.8. The Morgan fingerprint density at radius 2 is 1.84 bits per heavy atom. The average Bonchev–Trinajstić information content (AvgIpc) is 3.45. The van der Waals surface area contributed by atoms with Crippen LogP contribution in [-0.4, -0.2) is 105 Å². The van der Waals surface area contributed by atoms with Crippen molar-refractivity contribution in [1.29, 1.82) is 0 Å². The summed E-state index contributed by atoms with van der Waals surface area (Å²) in [7, 11) is 3.98. The number of esters is 1. The van der Waals surface area contributed by atoms with Crippen LogP contribution in [0.25, 0.3) is 6.08 Å². The minimum absolute atomic E-state index is 0.0566. The minimum Gasteiger partial charge on any atom is -0.457 e. The second-order valence-corrected chi connectivity index (χ2v) is 12.6. The molecule has 3 aliphatic heterocycles. The first-order valence-corrected chi connectivity index (χ1v) is 15.6. The number of aliphatic hydroxyl groups excluding tert-OH is 1. The van der Waals surface area contributed by atoms with Crippen LogP contribution in [-0.2, 0) is 14.3 Å². The molecule has 0 aromatic heterocycles. The molecular formula is C33H49FN4O5. The largest absolute Gasteiger partial charge is 0.457 e. The lowest BCUT2D eigenvalue weighted by atomic mass is 9.91. The lowest BCUT2D eigenvalue weighted by Crippen LogP contribution is -2.48. The van der Waals surface area contributed by atoms with E-state index in [1.165, 1.54) is 6.07 Å². The average molecular weight is 601 g/mol. The molecule has 4 rings (SSSR count). The van der Waals surface area contributed by atoms with Gasteiger partial charge in [0.15, 0.2) is 0 Å². The number of likely N-dealkylation sites (N-methyl/N-ethyl adjacent to an activating group) is 2. The molecule has 1 aromatic rings. The number of amides is 1. The van der Waals surface area contributed by atoms with Crippen LogP contribution in [0, 0.1) is 17.7 Å². The summed E-state index contributed by atoms with van der Waals surface area (Å²) in [4.78, 5) is 32.0. The molecule has 0 radical (unpaired) electrons. The maximum atomic E-state index is 14.7. The first-order chi connectivity index (χ1) is 20.5. The number of piperazine rings is 1. The molecule has 6 atom stereocenters. The van der Waals surface area contributed by atoms with Crippen molar-refractivity contribution in [2.75, 3.05) is 58.3 Å². The Balaban J connectivity index is 1.55. The minimum atomic E-state index is -0.861. The van der Waals surface area contributed by atoms with E-state index in [-0.39, 0.29) is 30.2 Å². The van der Waals surface area contributed by atoms with E-state index in [1.807, 2.05) is 59.2 Å². The zero-order chi connectivity index (χ0) is 31.1. The molecule has 238 valence electrons. The molecule has 2 saturated heterocycles. The predicted octanol–water partition coefficient (Wildman–Crippen LogP) is 4.06. The zero-order valence-electron chi connectivity index (χ0n) is 26.3. The summed E-state index contributed by atoms with van der Waals surface area (Å²) < 4.78 is 26.7. The molecule has 0 aliphatic carbocycles. The van der Waals surface area contributed by atoms with Gasteiger partial charge in [-0.15, -0.1) is 0 Å². The third-order valence-corrected chi connectivity index (χ3v) is 8.97. The van der Waals surface area contributed by atoms with Crippen molar-refractivity contribution in [2.24, 2.45) is 11.8 Å². The van der Waals surface area contributed by atoms with Crippen LogP contribution in [0.1, 0.15) is 52.0 Å². The van der Waals surface area contributed by atoms with Crippen LogP contribution in [0.4, 0.5) is 14.9 Å². The van der Waals surface area contributed by atoms with Gasteiger partial charge >= 0.3 is 12.1 Å². The molecule has 10 heteroatoms. The molecule has 0 unspecified atom stereocenters. The summed E-state index contributed by atoms with van der Waals surface area (Å²) in [5.74, 6) is -1.13. The maximum Gasteiger partial charge on any atom is 0.410 e. The van der Waals surface area contributed by atoms with E-state index in [4.69, 9.17) is 9.47 Å². The van der Waals surface area contributed by atoms with Crippen molar-refractivity contribution in [3.8, 4) is 0 Å². The van der Waals surface area contributed by atoms with Gasteiger partial charge in [0, 0.05) is 56.9 Å². The number of benzene rings is 1. The molecule has 3 heterocycles. The summed E-state index contributed by atoms with van der Waals surface area (Å²) in [5, 5.41) is 13.9. The van der Waals surface area contributed by atoms with Gasteiger partial charge < -0.3 is 34.6 Å². The number of carbonyl (C=O) groups excluding carboxylic acids is 2. The number of cyclic esters (lactones) is 1. The second-order valence-electron chi connectivity index (χ2n) is 12.6. The van der Waals surface area contributed by atoms with Gasteiger partial charge in [-0.2, -0.15) is 0 Å². The maximum absolute atomic E-state index is 14.7. The lowest BCUT2D eigenvalue weighted by Gasteiger charge is -2.33. The fourth-order valence-electron chi connectivity index (χ4n) is 6.07. The molecule has 2 N–H and O–H groups in total. The number of halogens is 1. The van der Waals surface area contributed by atoms with Gasteiger partial charge in [-0.3, -0.25) is 4.79 Å². The molecule has 0 spiro atoms. The van der Waals surface area contributed by atoms with Crippen LogP contribution < -0.4 is 10.2 Å². The van der Waals surface area contributed by atoms with Crippen molar-refractivity contribution in [1.82, 2.24) is 15.1 Å². The molecule has 0 saturated carbocycles. The number of rotatable bonds is 5. The highest BCUT2D eigenvalue weighted by Gasteiger charge is 2.29. The smallest absolute Gasteiger partial charge is 0.410 e. The summed E-state index contributed by atoms with van der Waals surface area (Å²) in [6.45, 7) is 10.3. The number of anilines is 1. The molecule has 1 aromatic carbocycles. The van der Waals surface area contributed by atoms with Crippen molar-refractivity contribution in [3.05, 3.63) is 47.3 Å². The van der Waals surface area contributed by atoms with Crippen molar-refractivity contribution < 1.29 is 28.6 Å². The molecule has 0 bridgehead atoms. The molecule has 3 aliphatic rings. The van der Waals surface area contributed by atoms with Crippen LogP contribution in [0.2, 0.25) is 0 Å². The third-order valence-electron chi connectivity index (χ3n) is 8.97. The SMILES string of the molecule is CN[C@H]1CCN(c2cc(F)cc(/C=C(\C)[C@H]3OC(=O)C[C@H](O)CC[C@H](C)[C@@H](OC(=O)N4CCN(C)CC4)/C=C\[C@@H]3C)c2)C1. The third kappa shape index (κ3) is 9.27. The zero-order valence-corrected chi connectivity index (χ0v) is 26.3. The summed E-state index contributed by atoms with van der Waals surface area (Å²) in [6, 6.07) is 5.37. The van der Waals surface area contributed by atoms with E-state index in [0.717, 1.165) is 43.9 Å². The number of hydrogen-bond acceptors (Lipinski definition) is 8. The van der Waals surface area contributed by atoms with Gasteiger partial charge in [-0.25, -0.2) is 9.18 Å². The number of aliphatic hydroxyl groups is 1. The fraction of sp³-hybridized carbons (Fsp3) is 0.636.